The highest BCUT2D eigenvalue weighted by Crippen LogP contribution is 2.28. The molecule has 2 fully saturated rings. The second-order valence-corrected chi connectivity index (χ2v) is 8.83. The molecule has 28 heavy (non-hydrogen) atoms. The first-order chi connectivity index (χ1) is 12.8. The predicted molar refractivity (Wildman–Crippen MR) is 122 cm³/mol. The molecule has 3 aliphatic rings. The quantitative estimate of drug-likeness (QED) is 0.608. The van der Waals surface area contributed by atoms with Crippen LogP contribution in [0.4, 0.5) is 0 Å². The van der Waals surface area contributed by atoms with Crippen LogP contribution in [-0.2, 0) is 13.0 Å². The summed E-state index contributed by atoms with van der Waals surface area (Å²) in [6.45, 7) is 5.75. The second kappa shape index (κ2) is 11.6. The Morgan fingerprint density at radius 3 is 2.54 bits per heavy atom. The number of hydrogen-bond donors (Lipinski definition) is 0. The van der Waals surface area contributed by atoms with Crippen LogP contribution in [-0.4, -0.2) is 49.1 Å². The number of halogens is 2. The molecule has 0 radical (unpaired) electrons. The number of fused-ring (bicyclic) bond motifs is 1. The summed E-state index contributed by atoms with van der Waals surface area (Å²) < 4.78 is 6.12. The molecule has 1 aromatic rings. The van der Waals surface area contributed by atoms with E-state index in [0.29, 0.717) is 0 Å². The topological polar surface area (TPSA) is 15.7 Å². The number of nitrogens with zero attached hydrogens (tertiary/aromatic N) is 2. The maximum absolute atomic E-state index is 6.12. The van der Waals surface area contributed by atoms with Crippen molar-refractivity contribution in [3.05, 3.63) is 29.3 Å². The van der Waals surface area contributed by atoms with Crippen molar-refractivity contribution in [3.8, 4) is 5.75 Å². The molecule has 0 amide bonds. The van der Waals surface area contributed by atoms with Gasteiger partial charge >= 0.3 is 0 Å². The van der Waals surface area contributed by atoms with Gasteiger partial charge in [-0.25, -0.2) is 0 Å². The number of hydrogen-bond acceptors (Lipinski definition) is 3. The van der Waals surface area contributed by atoms with Gasteiger partial charge < -0.3 is 9.64 Å². The smallest absolute Gasteiger partial charge is 0.119 e. The van der Waals surface area contributed by atoms with Gasteiger partial charge in [0.1, 0.15) is 5.75 Å². The molecule has 3 nitrogen and oxygen atoms in total. The lowest BCUT2D eigenvalue weighted by atomic mass is 9.88. The van der Waals surface area contributed by atoms with Crippen LogP contribution < -0.4 is 4.74 Å². The van der Waals surface area contributed by atoms with Gasteiger partial charge in [0.2, 0.25) is 0 Å². The zero-order valence-electron chi connectivity index (χ0n) is 17.4. The molecule has 4 rings (SSSR count). The van der Waals surface area contributed by atoms with Crippen LogP contribution in [0.2, 0.25) is 0 Å². The van der Waals surface area contributed by atoms with E-state index >= 15 is 0 Å². The van der Waals surface area contributed by atoms with Crippen molar-refractivity contribution in [2.45, 2.75) is 70.4 Å². The second-order valence-electron chi connectivity index (χ2n) is 8.83. The Morgan fingerprint density at radius 1 is 0.964 bits per heavy atom. The van der Waals surface area contributed by atoms with Crippen LogP contribution in [0.3, 0.4) is 0 Å². The zero-order chi connectivity index (χ0) is 17.8. The zero-order valence-corrected chi connectivity index (χ0v) is 19.0. The van der Waals surface area contributed by atoms with Gasteiger partial charge in [-0.05, 0) is 81.3 Å². The third kappa shape index (κ3) is 6.26. The Kier molecular flexibility index (Phi) is 9.89. The van der Waals surface area contributed by atoms with Crippen LogP contribution in [0.15, 0.2) is 18.2 Å². The molecule has 0 bridgehead atoms. The standard InChI is InChI=1S/C23H36N2O.2ClH/c1-24-13-5-8-22(24)12-15-26-23-10-9-20-11-14-25(18-21(20)16-23)17-19-6-3-2-4-7-19;;/h9-10,16,19,22H,2-8,11-15,17-18H2,1H3;2*1H/t22-;;/m0../s1. The molecule has 5 heteroatoms. The fraction of sp³-hybridized carbons (Fsp3) is 0.739. The van der Waals surface area contributed by atoms with E-state index in [1.54, 1.807) is 0 Å². The first-order valence-corrected chi connectivity index (χ1v) is 10.9. The summed E-state index contributed by atoms with van der Waals surface area (Å²) in [5.74, 6) is 2.01. The number of benzene rings is 1. The van der Waals surface area contributed by atoms with E-state index in [1.807, 2.05) is 0 Å². The normalized spacial score (nSPS) is 23.5. The molecular formula is C23H38Cl2N2O. The van der Waals surface area contributed by atoms with Crippen molar-refractivity contribution in [3.63, 3.8) is 0 Å². The average Bonchev–Trinajstić information content (AvgIpc) is 3.07. The van der Waals surface area contributed by atoms with E-state index in [0.717, 1.165) is 37.3 Å². The Morgan fingerprint density at radius 2 is 1.79 bits per heavy atom. The molecule has 160 valence electrons. The van der Waals surface area contributed by atoms with Crippen LogP contribution in [0.5, 0.6) is 5.75 Å². The van der Waals surface area contributed by atoms with Gasteiger partial charge in [0, 0.05) is 25.7 Å². The number of rotatable bonds is 6. The van der Waals surface area contributed by atoms with E-state index in [9.17, 15) is 0 Å². The molecule has 0 unspecified atom stereocenters. The van der Waals surface area contributed by atoms with Gasteiger partial charge in [-0.3, -0.25) is 4.90 Å². The van der Waals surface area contributed by atoms with Gasteiger partial charge in [0.15, 0.2) is 0 Å². The van der Waals surface area contributed by atoms with Gasteiger partial charge in [-0.1, -0.05) is 25.3 Å². The van der Waals surface area contributed by atoms with E-state index in [1.165, 1.54) is 82.1 Å². The third-order valence-electron chi connectivity index (χ3n) is 6.90. The Bertz CT molecular complexity index is 592. The largest absolute Gasteiger partial charge is 0.494 e. The SMILES string of the molecule is CN1CCC[C@H]1CCOc1ccc2c(c1)CN(CC1CCCCC1)CC2.Cl.Cl. The summed E-state index contributed by atoms with van der Waals surface area (Å²) in [7, 11) is 2.25. The number of likely N-dealkylation sites (tertiary alicyclic amines) is 1. The lowest BCUT2D eigenvalue weighted by molar-refractivity contribution is 0.186. The van der Waals surface area contributed by atoms with Crippen molar-refractivity contribution >= 4 is 24.8 Å². The molecule has 2 heterocycles. The van der Waals surface area contributed by atoms with Crippen molar-refractivity contribution in [1.29, 1.82) is 0 Å². The third-order valence-corrected chi connectivity index (χ3v) is 6.90. The summed E-state index contributed by atoms with van der Waals surface area (Å²) in [5, 5.41) is 0. The van der Waals surface area contributed by atoms with Crippen LogP contribution in [0, 0.1) is 5.92 Å². The van der Waals surface area contributed by atoms with Crippen molar-refractivity contribution in [2.75, 3.05) is 33.3 Å². The Hall–Kier alpha value is -0.480. The summed E-state index contributed by atoms with van der Waals surface area (Å²) in [5.41, 5.74) is 3.04. The van der Waals surface area contributed by atoms with E-state index in [-0.39, 0.29) is 24.8 Å². The van der Waals surface area contributed by atoms with Gasteiger partial charge in [0.25, 0.3) is 0 Å². The lowest BCUT2D eigenvalue weighted by Crippen LogP contribution is -2.35. The fourth-order valence-corrected chi connectivity index (χ4v) is 5.23. The predicted octanol–water partition coefficient (Wildman–Crippen LogP) is 5.33. The van der Waals surface area contributed by atoms with Crippen LogP contribution in [0.1, 0.15) is 62.5 Å². The van der Waals surface area contributed by atoms with Crippen molar-refractivity contribution in [2.24, 2.45) is 5.92 Å². The summed E-state index contributed by atoms with van der Waals surface area (Å²) in [6, 6.07) is 7.54. The highest BCUT2D eigenvalue weighted by Gasteiger charge is 2.22. The molecule has 1 atom stereocenters. The fourth-order valence-electron chi connectivity index (χ4n) is 5.23. The minimum atomic E-state index is 0. The van der Waals surface area contributed by atoms with E-state index in [4.69, 9.17) is 4.74 Å². The minimum Gasteiger partial charge on any atom is -0.494 e. The van der Waals surface area contributed by atoms with Gasteiger partial charge in [-0.2, -0.15) is 0 Å². The first kappa shape index (κ1) is 23.8. The maximum atomic E-state index is 6.12. The minimum absolute atomic E-state index is 0. The van der Waals surface area contributed by atoms with Crippen LogP contribution in [0.25, 0.3) is 0 Å². The molecule has 0 N–H and O–H groups in total. The molecule has 1 aliphatic carbocycles. The highest BCUT2D eigenvalue weighted by atomic mass is 35.5. The Labute approximate surface area is 184 Å². The lowest BCUT2D eigenvalue weighted by Gasteiger charge is -2.33. The summed E-state index contributed by atoms with van der Waals surface area (Å²) in [6.07, 6.45) is 12.3. The van der Waals surface area contributed by atoms with Crippen LogP contribution >= 0.6 is 24.8 Å². The molecule has 1 saturated carbocycles. The van der Waals surface area contributed by atoms with Crippen molar-refractivity contribution < 1.29 is 4.74 Å². The summed E-state index contributed by atoms with van der Waals surface area (Å²) in [4.78, 5) is 5.18. The molecule has 1 aromatic carbocycles. The summed E-state index contributed by atoms with van der Waals surface area (Å²) >= 11 is 0. The average molecular weight is 429 g/mol. The first-order valence-electron chi connectivity index (χ1n) is 10.9. The molecule has 2 aliphatic heterocycles. The molecular weight excluding hydrogens is 391 g/mol. The van der Waals surface area contributed by atoms with E-state index in [2.05, 4.69) is 35.0 Å². The number of ether oxygens (including phenoxy) is 1. The van der Waals surface area contributed by atoms with Gasteiger partial charge in [0.05, 0.1) is 6.61 Å². The molecule has 1 saturated heterocycles. The van der Waals surface area contributed by atoms with Crippen molar-refractivity contribution in [1.82, 2.24) is 9.80 Å². The molecule has 0 aromatic heterocycles. The Balaban J connectivity index is 0.00000140. The molecule has 0 spiro atoms. The maximum Gasteiger partial charge on any atom is 0.119 e. The highest BCUT2D eigenvalue weighted by molar-refractivity contribution is 5.85. The monoisotopic (exact) mass is 428 g/mol. The van der Waals surface area contributed by atoms with Gasteiger partial charge in [-0.15, -0.1) is 24.8 Å². The van der Waals surface area contributed by atoms with E-state index < -0.39 is 0 Å².